The van der Waals surface area contributed by atoms with Crippen LogP contribution in [0.5, 0.6) is 0 Å². The van der Waals surface area contributed by atoms with E-state index in [9.17, 15) is 9.18 Å². The highest BCUT2D eigenvalue weighted by Crippen LogP contribution is 2.24. The lowest BCUT2D eigenvalue weighted by Gasteiger charge is -2.33. The number of ketones is 1. The molecule has 0 aliphatic carbocycles. The summed E-state index contributed by atoms with van der Waals surface area (Å²) in [6.45, 7) is 2.83. The van der Waals surface area contributed by atoms with Crippen LogP contribution in [0, 0.1) is 5.82 Å². The molecular formula is C14H17BrFNO. The van der Waals surface area contributed by atoms with Crippen LogP contribution in [0.25, 0.3) is 0 Å². The molecule has 1 heterocycles. The van der Waals surface area contributed by atoms with Gasteiger partial charge < -0.3 is 5.32 Å². The molecule has 1 aliphatic rings. The van der Waals surface area contributed by atoms with Crippen LogP contribution in [0.1, 0.15) is 31.7 Å². The Morgan fingerprint density at radius 2 is 2.28 bits per heavy atom. The van der Waals surface area contributed by atoms with Gasteiger partial charge in [-0.25, -0.2) is 4.39 Å². The van der Waals surface area contributed by atoms with E-state index >= 15 is 0 Å². The van der Waals surface area contributed by atoms with Crippen molar-refractivity contribution < 1.29 is 9.18 Å². The first kappa shape index (κ1) is 13.7. The summed E-state index contributed by atoms with van der Waals surface area (Å²) >= 11 is 3.36. The van der Waals surface area contributed by atoms with Gasteiger partial charge in [0, 0.05) is 10.9 Å². The van der Waals surface area contributed by atoms with Crippen LogP contribution in [-0.4, -0.2) is 17.9 Å². The molecule has 2 nitrogen and oxygen atoms in total. The second-order valence-corrected chi connectivity index (χ2v) is 5.91. The van der Waals surface area contributed by atoms with Crippen molar-refractivity contribution in [2.75, 3.05) is 6.54 Å². The third-order valence-corrected chi connectivity index (χ3v) is 4.37. The number of carbonyl (C=O) groups is 1. The molecule has 1 fully saturated rings. The Morgan fingerprint density at radius 1 is 1.50 bits per heavy atom. The zero-order valence-electron chi connectivity index (χ0n) is 10.4. The van der Waals surface area contributed by atoms with Gasteiger partial charge in [-0.3, -0.25) is 4.79 Å². The molecule has 1 aliphatic heterocycles. The molecule has 0 aromatic heterocycles. The quantitative estimate of drug-likeness (QED) is 0.928. The SMILES string of the molecule is CC1(C(=O)Cc2cc(F)ccc2Br)CCCCN1. The topological polar surface area (TPSA) is 29.1 Å². The van der Waals surface area contributed by atoms with Crippen LogP contribution in [0.3, 0.4) is 0 Å². The molecule has 1 aromatic rings. The summed E-state index contributed by atoms with van der Waals surface area (Å²) in [6.07, 6.45) is 3.31. The average molecular weight is 314 g/mol. The Bertz CT molecular complexity index is 455. The van der Waals surface area contributed by atoms with E-state index in [1.807, 2.05) is 6.92 Å². The number of benzene rings is 1. The van der Waals surface area contributed by atoms with Crippen molar-refractivity contribution in [3.05, 3.63) is 34.1 Å². The van der Waals surface area contributed by atoms with Crippen LogP contribution >= 0.6 is 15.9 Å². The second-order valence-electron chi connectivity index (χ2n) is 5.05. The first-order valence-electron chi connectivity index (χ1n) is 6.23. The molecule has 1 aromatic carbocycles. The van der Waals surface area contributed by atoms with Crippen LogP contribution in [0.2, 0.25) is 0 Å². The highest BCUT2D eigenvalue weighted by atomic mass is 79.9. The summed E-state index contributed by atoms with van der Waals surface area (Å²) < 4.78 is 14.0. The number of halogens is 2. The fourth-order valence-electron chi connectivity index (χ4n) is 2.34. The number of nitrogens with one attached hydrogen (secondary N) is 1. The predicted molar refractivity (Wildman–Crippen MR) is 73.1 cm³/mol. The van der Waals surface area contributed by atoms with Crippen molar-refractivity contribution in [3.8, 4) is 0 Å². The highest BCUT2D eigenvalue weighted by Gasteiger charge is 2.33. The Kier molecular flexibility index (Phi) is 4.17. The number of carbonyl (C=O) groups excluding carboxylic acids is 1. The van der Waals surface area contributed by atoms with Crippen molar-refractivity contribution >= 4 is 21.7 Å². The van der Waals surface area contributed by atoms with Gasteiger partial charge in [-0.2, -0.15) is 0 Å². The minimum Gasteiger partial charge on any atom is -0.305 e. The van der Waals surface area contributed by atoms with Gasteiger partial charge in [0.2, 0.25) is 0 Å². The van der Waals surface area contributed by atoms with E-state index in [0.717, 1.165) is 30.3 Å². The summed E-state index contributed by atoms with van der Waals surface area (Å²) in [4.78, 5) is 12.3. The van der Waals surface area contributed by atoms with Crippen molar-refractivity contribution in [3.63, 3.8) is 0 Å². The molecule has 0 amide bonds. The second kappa shape index (κ2) is 5.49. The minimum atomic E-state index is -0.454. The normalized spacial score (nSPS) is 23.9. The lowest BCUT2D eigenvalue weighted by Crippen LogP contribution is -2.52. The van der Waals surface area contributed by atoms with Gasteiger partial charge in [0.25, 0.3) is 0 Å². The zero-order chi connectivity index (χ0) is 13.2. The number of hydrogen-bond acceptors (Lipinski definition) is 2. The lowest BCUT2D eigenvalue weighted by atomic mass is 9.84. The average Bonchev–Trinajstić information content (AvgIpc) is 2.35. The van der Waals surface area contributed by atoms with Gasteiger partial charge in [0.05, 0.1) is 5.54 Å². The number of piperidine rings is 1. The van der Waals surface area contributed by atoms with Crippen LogP contribution < -0.4 is 5.32 Å². The van der Waals surface area contributed by atoms with E-state index in [0.29, 0.717) is 5.56 Å². The lowest BCUT2D eigenvalue weighted by molar-refractivity contribution is -0.125. The standard InChI is InChI=1S/C14H17BrFNO/c1-14(6-2-3-7-17-14)13(18)9-10-8-11(16)4-5-12(10)15/h4-5,8,17H,2-3,6-7,9H2,1H3. The smallest absolute Gasteiger partial charge is 0.156 e. The van der Waals surface area contributed by atoms with Crippen molar-refractivity contribution in [2.24, 2.45) is 0 Å². The maximum Gasteiger partial charge on any atom is 0.156 e. The molecule has 18 heavy (non-hydrogen) atoms. The molecule has 0 bridgehead atoms. The minimum absolute atomic E-state index is 0.133. The third kappa shape index (κ3) is 2.98. The molecule has 0 saturated carbocycles. The molecule has 1 saturated heterocycles. The maximum atomic E-state index is 13.2. The van der Waals surface area contributed by atoms with E-state index in [-0.39, 0.29) is 18.0 Å². The number of hydrogen-bond donors (Lipinski definition) is 1. The Balaban J connectivity index is 2.13. The summed E-state index contributed by atoms with van der Waals surface area (Å²) in [5.41, 5.74) is 0.262. The van der Waals surface area contributed by atoms with Gasteiger partial charge in [-0.15, -0.1) is 0 Å². The molecule has 98 valence electrons. The molecule has 0 radical (unpaired) electrons. The first-order chi connectivity index (χ1) is 8.51. The van der Waals surface area contributed by atoms with Crippen molar-refractivity contribution in [1.82, 2.24) is 5.32 Å². The molecular weight excluding hydrogens is 297 g/mol. The predicted octanol–water partition coefficient (Wildman–Crippen LogP) is 3.23. The van der Waals surface area contributed by atoms with Gasteiger partial charge in [0.1, 0.15) is 5.82 Å². The fraction of sp³-hybridized carbons (Fsp3) is 0.500. The van der Waals surface area contributed by atoms with E-state index in [1.54, 1.807) is 6.07 Å². The van der Waals surface area contributed by atoms with Gasteiger partial charge in [-0.1, -0.05) is 15.9 Å². The van der Waals surface area contributed by atoms with E-state index < -0.39 is 5.54 Å². The molecule has 2 rings (SSSR count). The maximum absolute atomic E-state index is 13.2. The number of Topliss-reactive ketones (excluding diaryl/α,β-unsaturated/α-hetero) is 1. The molecule has 1 N–H and O–H groups in total. The molecule has 0 spiro atoms. The van der Waals surface area contributed by atoms with Gasteiger partial charge in [-0.05, 0) is 56.5 Å². The first-order valence-corrected chi connectivity index (χ1v) is 7.03. The number of rotatable bonds is 3. The van der Waals surface area contributed by atoms with Gasteiger partial charge in [0.15, 0.2) is 5.78 Å². The van der Waals surface area contributed by atoms with E-state index in [4.69, 9.17) is 0 Å². The Morgan fingerprint density at radius 3 is 2.94 bits per heavy atom. The van der Waals surface area contributed by atoms with E-state index in [2.05, 4.69) is 21.2 Å². The molecule has 4 heteroatoms. The van der Waals surface area contributed by atoms with Crippen LogP contribution in [0.4, 0.5) is 4.39 Å². The van der Waals surface area contributed by atoms with Crippen molar-refractivity contribution in [2.45, 2.75) is 38.1 Å². The summed E-state index contributed by atoms with van der Waals surface area (Å²) in [6, 6.07) is 4.46. The van der Waals surface area contributed by atoms with Crippen LogP contribution in [0.15, 0.2) is 22.7 Å². The Labute approximate surface area is 115 Å². The molecule has 1 unspecified atom stereocenters. The van der Waals surface area contributed by atoms with Crippen LogP contribution in [-0.2, 0) is 11.2 Å². The Hall–Kier alpha value is -0.740. The largest absolute Gasteiger partial charge is 0.305 e. The van der Waals surface area contributed by atoms with E-state index in [1.165, 1.54) is 12.1 Å². The summed E-state index contributed by atoms with van der Waals surface area (Å²) in [5.74, 6) is -0.170. The van der Waals surface area contributed by atoms with Gasteiger partial charge >= 0.3 is 0 Å². The molecule has 1 atom stereocenters. The highest BCUT2D eigenvalue weighted by molar-refractivity contribution is 9.10. The van der Waals surface area contributed by atoms with Crippen molar-refractivity contribution in [1.29, 1.82) is 0 Å². The fourth-order valence-corrected chi connectivity index (χ4v) is 2.73. The zero-order valence-corrected chi connectivity index (χ0v) is 12.0. The third-order valence-electron chi connectivity index (χ3n) is 3.59. The summed E-state index contributed by atoms with van der Waals surface area (Å²) in [5, 5.41) is 3.29. The summed E-state index contributed by atoms with van der Waals surface area (Å²) in [7, 11) is 0. The monoisotopic (exact) mass is 313 g/mol.